The Labute approximate surface area is 161 Å². The maximum Gasteiger partial charge on any atom is 0.233 e. The van der Waals surface area contributed by atoms with E-state index < -0.39 is 0 Å². The predicted octanol–water partition coefficient (Wildman–Crippen LogP) is 4.04. The molecule has 0 fully saturated rings. The van der Waals surface area contributed by atoms with E-state index in [1.165, 1.54) is 16.7 Å². The number of carbonyl (C=O) groups excluding carboxylic acids is 1. The molecule has 0 aliphatic heterocycles. The molecule has 1 heterocycles. The van der Waals surface area contributed by atoms with Gasteiger partial charge in [0.05, 0.1) is 23.9 Å². The van der Waals surface area contributed by atoms with Crippen molar-refractivity contribution in [1.82, 2.24) is 14.9 Å². The van der Waals surface area contributed by atoms with Gasteiger partial charge in [0, 0.05) is 24.6 Å². The van der Waals surface area contributed by atoms with Gasteiger partial charge in [0.15, 0.2) is 5.16 Å². The Balaban J connectivity index is 1.57. The number of thioether (sulfide) groups is 2. The van der Waals surface area contributed by atoms with Gasteiger partial charge in [-0.2, -0.15) is 0 Å². The highest BCUT2D eigenvalue weighted by Crippen LogP contribution is 2.23. The first-order valence-electron chi connectivity index (χ1n) is 8.12. The normalized spacial score (nSPS) is 10.9. The Morgan fingerprint density at radius 1 is 1.23 bits per heavy atom. The average Bonchev–Trinajstić information content (AvgIpc) is 3.08. The van der Waals surface area contributed by atoms with Crippen LogP contribution in [-0.4, -0.2) is 46.9 Å². The first kappa shape index (κ1) is 18.7. The second-order valence-corrected chi connectivity index (χ2v) is 7.66. The van der Waals surface area contributed by atoms with Crippen molar-refractivity contribution in [2.45, 2.75) is 16.6 Å². The van der Waals surface area contributed by atoms with Crippen molar-refractivity contribution in [2.75, 3.05) is 26.2 Å². The highest BCUT2D eigenvalue weighted by molar-refractivity contribution is 7.99. The van der Waals surface area contributed by atoms with Gasteiger partial charge in [-0.05, 0) is 36.1 Å². The molecule has 3 rings (SSSR count). The largest absolute Gasteiger partial charge is 0.497 e. The van der Waals surface area contributed by atoms with Gasteiger partial charge in [-0.15, -0.1) is 11.8 Å². The van der Waals surface area contributed by atoms with Crippen LogP contribution in [0.1, 0.15) is 5.56 Å². The monoisotopic (exact) mass is 387 g/mol. The van der Waals surface area contributed by atoms with Crippen molar-refractivity contribution in [3.8, 4) is 5.75 Å². The Bertz CT molecular complexity index is 893. The van der Waals surface area contributed by atoms with Crippen LogP contribution < -0.4 is 4.74 Å². The first-order valence-corrected chi connectivity index (χ1v) is 10.3. The lowest BCUT2D eigenvalue weighted by Gasteiger charge is -2.17. The van der Waals surface area contributed by atoms with E-state index in [1.807, 2.05) is 25.2 Å². The Kier molecular flexibility index (Phi) is 6.11. The number of hydrogen-bond acceptors (Lipinski definition) is 5. The van der Waals surface area contributed by atoms with Crippen molar-refractivity contribution in [3.63, 3.8) is 0 Å². The Morgan fingerprint density at radius 3 is 2.69 bits per heavy atom. The summed E-state index contributed by atoms with van der Waals surface area (Å²) in [6.45, 7) is 0.603. The number of ether oxygens (including phenoxy) is 1. The summed E-state index contributed by atoms with van der Waals surface area (Å²) in [7, 11) is 3.46. The first-order chi connectivity index (χ1) is 12.6. The third-order valence-electron chi connectivity index (χ3n) is 4.00. The number of nitrogens with zero attached hydrogens (tertiary/aromatic N) is 2. The van der Waals surface area contributed by atoms with Gasteiger partial charge < -0.3 is 14.6 Å². The fourth-order valence-corrected chi connectivity index (χ4v) is 3.73. The maximum atomic E-state index is 12.4. The molecule has 7 heteroatoms. The SMILES string of the molecule is COc1ccc2nc(SCC(=O)N(C)Cc3ccc(SC)cc3)[nH]c2c1. The molecule has 0 aliphatic rings. The topological polar surface area (TPSA) is 58.2 Å². The molecule has 0 saturated carbocycles. The molecule has 0 atom stereocenters. The van der Waals surface area contributed by atoms with Gasteiger partial charge in [-0.25, -0.2) is 4.98 Å². The van der Waals surface area contributed by atoms with E-state index in [-0.39, 0.29) is 5.91 Å². The molecule has 1 N–H and O–H groups in total. The number of rotatable bonds is 7. The van der Waals surface area contributed by atoms with E-state index in [0.717, 1.165) is 27.5 Å². The molecule has 1 aromatic heterocycles. The number of fused-ring (bicyclic) bond motifs is 1. The number of H-pyrrole nitrogens is 1. The van der Waals surface area contributed by atoms with E-state index in [0.29, 0.717) is 12.3 Å². The van der Waals surface area contributed by atoms with Crippen LogP contribution in [0.2, 0.25) is 0 Å². The average molecular weight is 388 g/mol. The van der Waals surface area contributed by atoms with Crippen molar-refractivity contribution >= 4 is 40.5 Å². The van der Waals surface area contributed by atoms with E-state index in [4.69, 9.17) is 4.74 Å². The van der Waals surface area contributed by atoms with Gasteiger partial charge in [-0.1, -0.05) is 23.9 Å². The van der Waals surface area contributed by atoms with Crippen molar-refractivity contribution < 1.29 is 9.53 Å². The molecule has 0 saturated heterocycles. The zero-order valence-electron chi connectivity index (χ0n) is 15.0. The van der Waals surface area contributed by atoms with Crippen molar-refractivity contribution in [2.24, 2.45) is 0 Å². The molecule has 0 bridgehead atoms. The lowest BCUT2D eigenvalue weighted by molar-refractivity contribution is -0.127. The minimum atomic E-state index is 0.0713. The van der Waals surface area contributed by atoms with Gasteiger partial charge >= 0.3 is 0 Å². The highest BCUT2D eigenvalue weighted by atomic mass is 32.2. The summed E-state index contributed by atoms with van der Waals surface area (Å²) in [5.41, 5.74) is 2.89. The molecular formula is C19H21N3O2S2. The van der Waals surface area contributed by atoms with Crippen LogP contribution in [0.5, 0.6) is 5.75 Å². The highest BCUT2D eigenvalue weighted by Gasteiger charge is 2.12. The van der Waals surface area contributed by atoms with E-state index in [1.54, 1.807) is 23.8 Å². The molecule has 0 radical (unpaired) electrons. The number of carbonyl (C=O) groups is 1. The molecule has 0 spiro atoms. The van der Waals surface area contributed by atoms with E-state index in [2.05, 4.69) is 40.5 Å². The molecule has 1 amide bonds. The van der Waals surface area contributed by atoms with E-state index in [9.17, 15) is 4.79 Å². The summed E-state index contributed by atoms with van der Waals surface area (Å²) in [6, 6.07) is 14.0. The molecule has 0 aliphatic carbocycles. The zero-order chi connectivity index (χ0) is 18.5. The van der Waals surface area contributed by atoms with Gasteiger partial charge in [-0.3, -0.25) is 4.79 Å². The number of aromatic nitrogens is 2. The van der Waals surface area contributed by atoms with E-state index >= 15 is 0 Å². The fourth-order valence-electron chi connectivity index (χ4n) is 2.49. The fraction of sp³-hybridized carbons (Fsp3) is 0.263. The third-order valence-corrected chi connectivity index (χ3v) is 5.61. The summed E-state index contributed by atoms with van der Waals surface area (Å²) in [4.78, 5) is 23.1. The lowest BCUT2D eigenvalue weighted by Crippen LogP contribution is -2.27. The quantitative estimate of drug-likeness (QED) is 0.620. The number of methoxy groups -OCH3 is 1. The van der Waals surface area contributed by atoms with Crippen molar-refractivity contribution in [3.05, 3.63) is 48.0 Å². The van der Waals surface area contributed by atoms with Crippen LogP contribution in [0.4, 0.5) is 0 Å². The summed E-state index contributed by atoms with van der Waals surface area (Å²) in [5.74, 6) is 1.19. The molecule has 26 heavy (non-hydrogen) atoms. The lowest BCUT2D eigenvalue weighted by atomic mass is 10.2. The van der Waals surface area contributed by atoms with Gasteiger partial charge in [0.25, 0.3) is 0 Å². The molecule has 136 valence electrons. The summed E-state index contributed by atoms with van der Waals surface area (Å²) in [6.07, 6.45) is 2.05. The number of amides is 1. The molecule has 5 nitrogen and oxygen atoms in total. The number of nitrogens with one attached hydrogen (secondary N) is 1. The minimum Gasteiger partial charge on any atom is -0.497 e. The second kappa shape index (κ2) is 8.51. The maximum absolute atomic E-state index is 12.4. The number of hydrogen-bond donors (Lipinski definition) is 1. The van der Waals surface area contributed by atoms with Crippen molar-refractivity contribution in [1.29, 1.82) is 0 Å². The molecule has 3 aromatic rings. The number of aromatic amines is 1. The van der Waals surface area contributed by atoms with Gasteiger partial charge in [0.1, 0.15) is 5.75 Å². The summed E-state index contributed by atoms with van der Waals surface area (Å²) < 4.78 is 5.22. The summed E-state index contributed by atoms with van der Waals surface area (Å²) in [5, 5.41) is 0.735. The second-order valence-electron chi connectivity index (χ2n) is 5.81. The Hall–Kier alpha value is -2.12. The van der Waals surface area contributed by atoms with Crippen LogP contribution in [0, 0.1) is 0 Å². The standard InChI is InChI=1S/C19H21N3O2S2/c1-22(11-13-4-7-15(25-3)8-5-13)18(23)12-26-19-20-16-9-6-14(24-2)10-17(16)21-19/h4-10H,11-12H2,1-3H3,(H,20,21). The molecular weight excluding hydrogens is 366 g/mol. The van der Waals surface area contributed by atoms with Crippen LogP contribution in [0.25, 0.3) is 11.0 Å². The molecule has 2 aromatic carbocycles. The molecule has 0 unspecified atom stereocenters. The summed E-state index contributed by atoms with van der Waals surface area (Å²) >= 11 is 3.12. The minimum absolute atomic E-state index is 0.0713. The van der Waals surface area contributed by atoms with Crippen LogP contribution in [0.3, 0.4) is 0 Å². The number of imidazole rings is 1. The van der Waals surface area contributed by atoms with Crippen LogP contribution in [-0.2, 0) is 11.3 Å². The third kappa shape index (κ3) is 4.53. The predicted molar refractivity (Wildman–Crippen MR) is 108 cm³/mol. The number of benzene rings is 2. The Morgan fingerprint density at radius 2 is 2.00 bits per heavy atom. The zero-order valence-corrected chi connectivity index (χ0v) is 16.6. The van der Waals surface area contributed by atoms with Gasteiger partial charge in [0.2, 0.25) is 5.91 Å². The van der Waals surface area contributed by atoms with Crippen LogP contribution in [0.15, 0.2) is 52.5 Å². The van der Waals surface area contributed by atoms with Crippen LogP contribution >= 0.6 is 23.5 Å². The smallest absolute Gasteiger partial charge is 0.233 e.